The Hall–Kier alpha value is -3.59. The summed E-state index contributed by atoms with van der Waals surface area (Å²) in [4.78, 5) is 39.5. The fraction of sp³-hybridized carbons (Fsp3) is 0.150. The van der Waals surface area contributed by atoms with Crippen LogP contribution in [-0.4, -0.2) is 27.9 Å². The number of carbonyl (C=O) groups is 2. The molecule has 8 nitrogen and oxygen atoms in total. The zero-order chi connectivity index (χ0) is 21.0. The van der Waals surface area contributed by atoms with Gasteiger partial charge in [-0.05, 0) is 19.9 Å². The average Bonchev–Trinajstić information content (AvgIpc) is 3.17. The van der Waals surface area contributed by atoms with Gasteiger partial charge >= 0.3 is 5.97 Å². The van der Waals surface area contributed by atoms with Crippen molar-refractivity contribution in [3.8, 4) is 11.3 Å². The monoisotopic (exact) mass is 411 g/mol. The maximum absolute atomic E-state index is 12.4. The van der Waals surface area contributed by atoms with Crippen molar-refractivity contribution in [2.45, 2.75) is 20.0 Å². The van der Waals surface area contributed by atoms with Crippen LogP contribution >= 0.6 is 11.3 Å². The molecule has 0 aliphatic heterocycles. The summed E-state index contributed by atoms with van der Waals surface area (Å²) in [6.45, 7) is 2.88. The van der Waals surface area contributed by atoms with Crippen LogP contribution in [0.1, 0.15) is 22.8 Å². The number of carbonyl (C=O) groups excluding carboxylic acids is 2. The van der Waals surface area contributed by atoms with E-state index in [0.29, 0.717) is 5.13 Å². The molecule has 1 atom stereocenters. The fourth-order valence-corrected chi connectivity index (χ4v) is 3.32. The summed E-state index contributed by atoms with van der Waals surface area (Å²) < 4.78 is 5.18. The van der Waals surface area contributed by atoms with Crippen LogP contribution in [-0.2, 0) is 9.53 Å². The number of nitro groups is 1. The second kappa shape index (κ2) is 8.61. The topological polar surface area (TPSA) is 111 Å². The largest absolute Gasteiger partial charge is 0.449 e. The number of nitrogens with one attached hydrogen (secondary N) is 1. The molecule has 0 spiro atoms. The molecule has 0 bridgehead atoms. The zero-order valence-corrected chi connectivity index (χ0v) is 16.4. The molecule has 0 fully saturated rings. The van der Waals surface area contributed by atoms with Crippen LogP contribution in [0.2, 0.25) is 0 Å². The maximum Gasteiger partial charge on any atom is 0.339 e. The van der Waals surface area contributed by atoms with E-state index in [4.69, 9.17) is 4.74 Å². The van der Waals surface area contributed by atoms with Gasteiger partial charge in [-0.25, -0.2) is 9.78 Å². The summed E-state index contributed by atoms with van der Waals surface area (Å²) in [5, 5.41) is 15.8. The Kier molecular flexibility index (Phi) is 5.99. The molecule has 1 aromatic heterocycles. The Balaban J connectivity index is 1.66. The highest BCUT2D eigenvalue weighted by Gasteiger charge is 2.24. The van der Waals surface area contributed by atoms with Gasteiger partial charge in [0.1, 0.15) is 0 Å². The van der Waals surface area contributed by atoms with Crippen molar-refractivity contribution in [3.63, 3.8) is 0 Å². The Labute approximate surface area is 170 Å². The summed E-state index contributed by atoms with van der Waals surface area (Å²) in [5.41, 5.74) is 1.68. The quantitative estimate of drug-likeness (QED) is 0.369. The van der Waals surface area contributed by atoms with E-state index in [2.05, 4.69) is 10.3 Å². The molecular formula is C20H17N3O5S. The smallest absolute Gasteiger partial charge is 0.339 e. The van der Waals surface area contributed by atoms with Gasteiger partial charge in [0.05, 0.1) is 16.2 Å². The lowest BCUT2D eigenvalue weighted by molar-refractivity contribution is -0.385. The predicted molar refractivity (Wildman–Crippen MR) is 109 cm³/mol. The van der Waals surface area contributed by atoms with Crippen molar-refractivity contribution in [3.05, 3.63) is 75.2 Å². The number of rotatable bonds is 6. The molecule has 1 amide bonds. The van der Waals surface area contributed by atoms with Crippen LogP contribution in [0.5, 0.6) is 0 Å². The van der Waals surface area contributed by atoms with Crippen LogP contribution in [0.25, 0.3) is 11.3 Å². The Bertz CT molecular complexity index is 1060. The highest BCUT2D eigenvalue weighted by molar-refractivity contribution is 7.14. The van der Waals surface area contributed by atoms with E-state index in [9.17, 15) is 19.7 Å². The van der Waals surface area contributed by atoms with Gasteiger partial charge in [0.2, 0.25) is 0 Å². The normalized spacial score (nSPS) is 11.5. The third kappa shape index (κ3) is 4.64. The Morgan fingerprint density at radius 3 is 2.59 bits per heavy atom. The molecule has 9 heteroatoms. The van der Waals surface area contributed by atoms with Gasteiger partial charge in [-0.3, -0.25) is 20.2 Å². The number of anilines is 1. The fourth-order valence-electron chi connectivity index (χ4n) is 2.60. The van der Waals surface area contributed by atoms with Crippen molar-refractivity contribution < 1.29 is 19.2 Å². The summed E-state index contributed by atoms with van der Waals surface area (Å²) in [6, 6.07) is 13.6. The van der Waals surface area contributed by atoms with Crippen LogP contribution in [0.3, 0.4) is 0 Å². The Morgan fingerprint density at radius 1 is 1.17 bits per heavy atom. The highest BCUT2D eigenvalue weighted by Crippen LogP contribution is 2.25. The predicted octanol–water partition coefficient (Wildman–Crippen LogP) is 4.21. The van der Waals surface area contributed by atoms with Crippen molar-refractivity contribution in [1.82, 2.24) is 4.98 Å². The minimum Gasteiger partial charge on any atom is -0.449 e. The highest BCUT2D eigenvalue weighted by atomic mass is 32.1. The number of amides is 1. The first-order chi connectivity index (χ1) is 13.9. The van der Waals surface area contributed by atoms with Gasteiger partial charge in [-0.2, -0.15) is 0 Å². The first kappa shape index (κ1) is 20.2. The van der Waals surface area contributed by atoms with E-state index >= 15 is 0 Å². The number of hydrogen-bond donors (Lipinski definition) is 1. The lowest BCUT2D eigenvalue weighted by Gasteiger charge is -2.13. The number of benzene rings is 2. The molecule has 0 saturated carbocycles. The van der Waals surface area contributed by atoms with E-state index in [-0.39, 0.29) is 16.8 Å². The second-order valence-electron chi connectivity index (χ2n) is 6.15. The molecule has 1 heterocycles. The second-order valence-corrected chi connectivity index (χ2v) is 7.01. The van der Waals surface area contributed by atoms with Gasteiger partial charge in [0.15, 0.2) is 11.2 Å². The lowest BCUT2D eigenvalue weighted by atomic mass is 10.1. The van der Waals surface area contributed by atoms with Gasteiger partial charge < -0.3 is 4.74 Å². The molecule has 0 saturated heterocycles. The molecule has 2 aromatic carbocycles. The summed E-state index contributed by atoms with van der Waals surface area (Å²) in [6.07, 6.45) is -1.11. The van der Waals surface area contributed by atoms with E-state index in [1.807, 2.05) is 35.7 Å². The van der Waals surface area contributed by atoms with Gasteiger partial charge in [-0.15, -0.1) is 11.3 Å². The van der Waals surface area contributed by atoms with Gasteiger partial charge in [0, 0.05) is 22.6 Å². The van der Waals surface area contributed by atoms with Gasteiger partial charge in [-0.1, -0.05) is 36.4 Å². The molecule has 0 unspecified atom stereocenters. The van der Waals surface area contributed by atoms with E-state index in [1.165, 1.54) is 43.4 Å². The first-order valence-corrected chi connectivity index (χ1v) is 9.51. The van der Waals surface area contributed by atoms with Gasteiger partial charge in [0.25, 0.3) is 11.6 Å². The van der Waals surface area contributed by atoms with Crippen molar-refractivity contribution in [1.29, 1.82) is 0 Å². The number of ether oxygens (including phenoxy) is 1. The molecule has 148 valence electrons. The first-order valence-electron chi connectivity index (χ1n) is 8.63. The molecule has 0 radical (unpaired) electrons. The summed E-state index contributed by atoms with van der Waals surface area (Å²) >= 11 is 1.25. The third-order valence-electron chi connectivity index (χ3n) is 4.18. The zero-order valence-electron chi connectivity index (χ0n) is 15.6. The van der Waals surface area contributed by atoms with E-state index in [0.717, 1.165) is 11.3 Å². The van der Waals surface area contributed by atoms with E-state index in [1.54, 1.807) is 0 Å². The SMILES string of the molecule is Cc1c(C(=O)O[C@H](C)C(=O)Nc2nc(-c3ccccc3)cs2)cccc1[N+](=O)[O-]. The van der Waals surface area contributed by atoms with Crippen LogP contribution in [0.15, 0.2) is 53.9 Å². The molecule has 3 rings (SSSR count). The van der Waals surface area contributed by atoms with E-state index < -0.39 is 22.9 Å². The van der Waals surface area contributed by atoms with Crippen LogP contribution in [0.4, 0.5) is 10.8 Å². The van der Waals surface area contributed by atoms with Crippen LogP contribution in [0, 0.1) is 17.0 Å². The number of aromatic nitrogens is 1. The molecular weight excluding hydrogens is 394 g/mol. The summed E-state index contributed by atoms with van der Waals surface area (Å²) in [5.74, 6) is -1.35. The van der Waals surface area contributed by atoms with Crippen molar-refractivity contribution >= 4 is 34.0 Å². The van der Waals surface area contributed by atoms with Crippen LogP contribution < -0.4 is 5.32 Å². The average molecular weight is 411 g/mol. The molecule has 0 aliphatic rings. The third-order valence-corrected chi connectivity index (χ3v) is 4.94. The number of thiazole rings is 1. The molecule has 29 heavy (non-hydrogen) atoms. The Morgan fingerprint density at radius 2 is 1.90 bits per heavy atom. The van der Waals surface area contributed by atoms with Crippen molar-refractivity contribution in [2.75, 3.05) is 5.32 Å². The molecule has 1 N–H and O–H groups in total. The van der Waals surface area contributed by atoms with Crippen molar-refractivity contribution in [2.24, 2.45) is 0 Å². The lowest BCUT2D eigenvalue weighted by Crippen LogP contribution is -2.30. The number of nitro benzene ring substituents is 1. The maximum atomic E-state index is 12.4. The minimum atomic E-state index is -1.11. The number of hydrogen-bond acceptors (Lipinski definition) is 7. The summed E-state index contributed by atoms with van der Waals surface area (Å²) in [7, 11) is 0. The minimum absolute atomic E-state index is 0.0412. The number of esters is 1. The molecule has 3 aromatic rings. The standard InChI is InChI=1S/C20H17N3O5S/c1-12-15(9-6-10-17(12)23(26)27)19(25)28-13(2)18(24)22-20-21-16(11-29-20)14-7-4-3-5-8-14/h3-11,13H,1-2H3,(H,21,22,24)/t13-/m1/s1. The molecule has 0 aliphatic carbocycles. The number of nitrogens with zero attached hydrogens (tertiary/aromatic N) is 2.